The van der Waals surface area contributed by atoms with E-state index in [9.17, 15) is 4.79 Å². The first kappa shape index (κ1) is 15.9. The highest BCUT2D eigenvalue weighted by atomic mass is 16.7. The summed E-state index contributed by atoms with van der Waals surface area (Å²) in [5, 5.41) is 6.61. The molecular weight excluding hydrogens is 304 g/mol. The predicted molar refractivity (Wildman–Crippen MR) is 91.2 cm³/mol. The standard InChI is InChI=1S/C18H18N4O2/c23-18(19-16-11-5-2-6-12-16)20-17-14-22(21-24-17)13-7-10-15-8-3-1-4-9-15/h1-6,8-9,11-12H,7,10,13-14H2/p+1. The highest BCUT2D eigenvalue weighted by molar-refractivity contribution is 5.98. The number of nitrogens with one attached hydrogen (secondary N) is 1. The van der Waals surface area contributed by atoms with Crippen LogP contribution in [0.1, 0.15) is 12.0 Å². The Labute approximate surface area is 140 Å². The number of nitrogens with zero attached hydrogens (tertiary/aromatic N) is 3. The molecule has 122 valence electrons. The molecule has 0 atom stereocenters. The Morgan fingerprint density at radius 3 is 2.58 bits per heavy atom. The molecule has 0 spiro atoms. The van der Waals surface area contributed by atoms with E-state index in [1.807, 2.05) is 36.4 Å². The molecule has 2 amide bonds. The van der Waals surface area contributed by atoms with Gasteiger partial charge in [-0.25, -0.2) is 4.79 Å². The van der Waals surface area contributed by atoms with Crippen LogP contribution >= 0.6 is 0 Å². The van der Waals surface area contributed by atoms with Gasteiger partial charge in [0.1, 0.15) is 0 Å². The van der Waals surface area contributed by atoms with Gasteiger partial charge in [0.25, 0.3) is 0 Å². The van der Waals surface area contributed by atoms with Crippen LogP contribution < -0.4 is 5.32 Å². The zero-order valence-corrected chi connectivity index (χ0v) is 13.3. The van der Waals surface area contributed by atoms with E-state index in [-0.39, 0.29) is 0 Å². The molecule has 1 heterocycles. The number of hydrogen-bond acceptors (Lipinski definition) is 3. The lowest BCUT2D eigenvalue weighted by molar-refractivity contribution is -0.585. The van der Waals surface area contributed by atoms with E-state index in [0.717, 1.165) is 19.4 Å². The second-order valence-corrected chi connectivity index (χ2v) is 5.45. The van der Waals surface area contributed by atoms with Gasteiger partial charge >= 0.3 is 11.9 Å². The molecule has 6 heteroatoms. The van der Waals surface area contributed by atoms with E-state index in [4.69, 9.17) is 4.84 Å². The topological polar surface area (TPSA) is 66.1 Å². The second-order valence-electron chi connectivity index (χ2n) is 5.45. The number of amides is 2. The molecule has 2 aromatic rings. The summed E-state index contributed by atoms with van der Waals surface area (Å²) in [4.78, 5) is 20.8. The third kappa shape index (κ3) is 4.74. The number of carbonyl (C=O) groups excluding carboxylic acids is 1. The molecule has 1 aliphatic rings. The number of aliphatic imine (C=N–C) groups is 1. The number of para-hydroxylation sites is 1. The Morgan fingerprint density at radius 1 is 1.12 bits per heavy atom. The summed E-state index contributed by atoms with van der Waals surface area (Å²) in [5.41, 5.74) is 2.00. The van der Waals surface area contributed by atoms with Crippen LogP contribution in [0.4, 0.5) is 10.5 Å². The zero-order chi connectivity index (χ0) is 16.6. The van der Waals surface area contributed by atoms with Gasteiger partial charge in [-0.05, 0) is 24.1 Å². The maximum atomic E-state index is 11.8. The largest absolute Gasteiger partial charge is 0.348 e. The first-order valence-electron chi connectivity index (χ1n) is 7.90. The van der Waals surface area contributed by atoms with Gasteiger partial charge in [0.15, 0.2) is 11.8 Å². The summed E-state index contributed by atoms with van der Waals surface area (Å²) in [6.07, 6.45) is 1.94. The minimum atomic E-state index is -0.461. The minimum Gasteiger partial charge on any atom is -0.306 e. The number of aryl methyl sites for hydroxylation is 1. The smallest absolute Gasteiger partial charge is 0.306 e. The number of carbonyl (C=O) groups is 1. The summed E-state index contributed by atoms with van der Waals surface area (Å²) in [6, 6.07) is 19.0. The molecule has 24 heavy (non-hydrogen) atoms. The lowest BCUT2D eigenvalue weighted by atomic mass is 10.1. The highest BCUT2D eigenvalue weighted by Gasteiger charge is 2.23. The summed E-state index contributed by atoms with van der Waals surface area (Å²) >= 11 is 0. The van der Waals surface area contributed by atoms with Gasteiger partial charge in [-0.15, -0.1) is 0 Å². The first-order chi connectivity index (χ1) is 11.8. The lowest BCUT2D eigenvalue weighted by Gasteiger charge is -1.99. The third-order valence-corrected chi connectivity index (χ3v) is 3.56. The van der Waals surface area contributed by atoms with E-state index in [2.05, 4.69) is 27.7 Å². The molecule has 0 fully saturated rings. The Kier molecular flexibility index (Phi) is 5.29. The van der Waals surface area contributed by atoms with Crippen molar-refractivity contribution in [3.63, 3.8) is 0 Å². The van der Waals surface area contributed by atoms with E-state index in [1.54, 1.807) is 16.8 Å². The quantitative estimate of drug-likeness (QED) is 0.853. The molecular formula is C18H19N4O2+. The number of rotatable bonds is 5. The van der Waals surface area contributed by atoms with E-state index >= 15 is 0 Å². The normalized spacial score (nSPS) is 15.0. The van der Waals surface area contributed by atoms with Gasteiger partial charge in [-0.2, -0.15) is 4.99 Å². The zero-order valence-electron chi connectivity index (χ0n) is 13.3. The van der Waals surface area contributed by atoms with Crippen molar-refractivity contribution in [2.75, 3.05) is 18.4 Å². The predicted octanol–water partition coefficient (Wildman–Crippen LogP) is 3.66. The number of hydrogen-bond donors (Lipinski definition) is 1. The molecule has 1 aliphatic heterocycles. The molecule has 0 radical (unpaired) electrons. The number of benzene rings is 2. The Morgan fingerprint density at radius 2 is 1.83 bits per heavy atom. The van der Waals surface area contributed by atoms with E-state index in [0.29, 0.717) is 18.1 Å². The first-order valence-corrected chi connectivity index (χ1v) is 7.90. The average molecular weight is 323 g/mol. The molecule has 6 nitrogen and oxygen atoms in total. The van der Waals surface area contributed by atoms with Gasteiger partial charge in [0.05, 0.1) is 0 Å². The fourth-order valence-corrected chi connectivity index (χ4v) is 2.39. The van der Waals surface area contributed by atoms with Crippen molar-refractivity contribution in [1.82, 2.24) is 0 Å². The fourth-order valence-electron chi connectivity index (χ4n) is 2.39. The average Bonchev–Trinajstić information content (AvgIpc) is 3.04. The Hall–Kier alpha value is -3.02. The van der Waals surface area contributed by atoms with Crippen LogP contribution in [0.15, 0.2) is 70.9 Å². The Bertz CT molecular complexity index is 742. The van der Waals surface area contributed by atoms with Crippen molar-refractivity contribution in [2.45, 2.75) is 12.8 Å². The van der Waals surface area contributed by atoms with Crippen LogP contribution in [0, 0.1) is 0 Å². The van der Waals surface area contributed by atoms with Crippen molar-refractivity contribution in [2.24, 2.45) is 10.3 Å². The van der Waals surface area contributed by atoms with Crippen molar-refractivity contribution in [3.05, 3.63) is 66.2 Å². The molecule has 0 bridgehead atoms. The molecule has 0 saturated carbocycles. The van der Waals surface area contributed by atoms with Gasteiger partial charge < -0.3 is 5.32 Å². The maximum absolute atomic E-state index is 11.8. The molecule has 0 saturated heterocycles. The lowest BCUT2D eigenvalue weighted by Crippen LogP contribution is -2.17. The summed E-state index contributed by atoms with van der Waals surface area (Å²) in [5.74, 6) is 0.308. The number of anilines is 1. The minimum absolute atomic E-state index is 0.308. The Balaban J connectivity index is 1.43. The highest BCUT2D eigenvalue weighted by Crippen LogP contribution is 2.07. The van der Waals surface area contributed by atoms with Gasteiger partial charge in [0, 0.05) is 12.1 Å². The van der Waals surface area contributed by atoms with Crippen LogP contribution in [0.2, 0.25) is 0 Å². The summed E-state index contributed by atoms with van der Waals surface area (Å²) in [7, 11) is 0. The molecule has 1 N–H and O–H groups in total. The monoisotopic (exact) mass is 323 g/mol. The van der Waals surface area contributed by atoms with Crippen LogP contribution in [0.25, 0.3) is 0 Å². The van der Waals surface area contributed by atoms with Crippen molar-refractivity contribution in [3.8, 4) is 0 Å². The van der Waals surface area contributed by atoms with Crippen LogP contribution in [0.3, 0.4) is 0 Å². The van der Waals surface area contributed by atoms with E-state index in [1.165, 1.54) is 5.56 Å². The van der Waals surface area contributed by atoms with Gasteiger partial charge in [-0.3, -0.25) is 4.84 Å². The van der Waals surface area contributed by atoms with Crippen molar-refractivity contribution >= 4 is 17.6 Å². The second kappa shape index (κ2) is 8.01. The third-order valence-electron chi connectivity index (χ3n) is 3.56. The molecule has 0 aromatic heterocycles. The molecule has 3 rings (SSSR count). The maximum Gasteiger partial charge on any atom is 0.348 e. The summed E-state index contributed by atoms with van der Waals surface area (Å²) in [6.45, 7) is 1.17. The SMILES string of the molecule is O=C(N=C1C[N+](CCCc2ccccc2)=NO1)Nc1ccccc1. The van der Waals surface area contributed by atoms with Crippen molar-refractivity contribution < 1.29 is 14.3 Å². The van der Waals surface area contributed by atoms with Crippen molar-refractivity contribution in [1.29, 1.82) is 0 Å². The summed E-state index contributed by atoms with van der Waals surface area (Å²) < 4.78 is 1.78. The molecule has 0 unspecified atom stereocenters. The number of urea groups is 1. The molecule has 0 aliphatic carbocycles. The van der Waals surface area contributed by atoms with Crippen LogP contribution in [-0.2, 0) is 11.3 Å². The van der Waals surface area contributed by atoms with E-state index < -0.39 is 6.03 Å². The van der Waals surface area contributed by atoms with Gasteiger partial charge in [-0.1, -0.05) is 53.2 Å². The molecule has 2 aromatic carbocycles. The van der Waals surface area contributed by atoms with Crippen LogP contribution in [0.5, 0.6) is 0 Å². The van der Waals surface area contributed by atoms with Gasteiger partial charge in [0.2, 0.25) is 6.54 Å². The fraction of sp³-hybridized carbons (Fsp3) is 0.222. The van der Waals surface area contributed by atoms with Crippen LogP contribution in [-0.4, -0.2) is 29.7 Å².